The van der Waals surface area contributed by atoms with Gasteiger partial charge in [-0.2, -0.15) is 0 Å². The second-order valence-corrected chi connectivity index (χ2v) is 4.61. The highest BCUT2D eigenvalue weighted by Crippen LogP contribution is 2.25. The van der Waals surface area contributed by atoms with E-state index in [1.54, 1.807) is 11.3 Å². The summed E-state index contributed by atoms with van der Waals surface area (Å²) >= 11 is 1.73. The van der Waals surface area contributed by atoms with Crippen LogP contribution in [0.1, 0.15) is 56.1 Å². The van der Waals surface area contributed by atoms with Gasteiger partial charge in [0, 0.05) is 5.92 Å². The largest absolute Gasteiger partial charge is 0.308 e. The number of aromatic nitrogens is 2. The van der Waals surface area contributed by atoms with E-state index in [1.807, 2.05) is 0 Å². The predicted octanol–water partition coefficient (Wildman–Crippen LogP) is 2.72. The molecular formula is C10H19N3S. The molecule has 0 radical (unpaired) electrons. The van der Waals surface area contributed by atoms with Crippen molar-refractivity contribution < 1.29 is 0 Å². The van der Waals surface area contributed by atoms with Crippen LogP contribution in [0.5, 0.6) is 0 Å². The van der Waals surface area contributed by atoms with E-state index in [0.29, 0.717) is 12.0 Å². The molecule has 2 unspecified atom stereocenters. The first kappa shape index (κ1) is 11.6. The van der Waals surface area contributed by atoms with Gasteiger partial charge >= 0.3 is 0 Å². The molecule has 0 aliphatic carbocycles. The van der Waals surface area contributed by atoms with Gasteiger partial charge in [0.2, 0.25) is 0 Å². The zero-order valence-electron chi connectivity index (χ0n) is 9.37. The Labute approximate surface area is 89.9 Å². The Morgan fingerprint density at radius 2 is 1.86 bits per heavy atom. The third kappa shape index (κ3) is 2.75. The molecule has 0 aliphatic rings. The van der Waals surface area contributed by atoms with Crippen molar-refractivity contribution in [3.05, 3.63) is 10.0 Å². The smallest absolute Gasteiger partial charge is 0.134 e. The average Bonchev–Trinajstić information content (AvgIpc) is 2.66. The zero-order valence-corrected chi connectivity index (χ0v) is 10.2. The third-order valence-electron chi connectivity index (χ3n) is 2.37. The van der Waals surface area contributed by atoms with Gasteiger partial charge in [-0.3, -0.25) is 0 Å². The van der Waals surface area contributed by atoms with Crippen LogP contribution in [0.15, 0.2) is 0 Å². The molecule has 2 atom stereocenters. The molecule has 0 aromatic carbocycles. The highest BCUT2D eigenvalue weighted by molar-refractivity contribution is 7.11. The topological polar surface area (TPSA) is 37.8 Å². The Kier molecular flexibility index (Phi) is 4.48. The van der Waals surface area contributed by atoms with Crippen LogP contribution in [0, 0.1) is 0 Å². The molecule has 1 heterocycles. The predicted molar refractivity (Wildman–Crippen MR) is 60.7 cm³/mol. The van der Waals surface area contributed by atoms with Crippen LogP contribution in [-0.2, 0) is 0 Å². The lowest BCUT2D eigenvalue weighted by atomic mass is 10.1. The van der Waals surface area contributed by atoms with E-state index < -0.39 is 0 Å². The molecular weight excluding hydrogens is 194 g/mol. The van der Waals surface area contributed by atoms with Gasteiger partial charge in [0.25, 0.3) is 0 Å². The summed E-state index contributed by atoms with van der Waals surface area (Å²) in [6.45, 7) is 9.58. The van der Waals surface area contributed by atoms with Crippen LogP contribution in [0.4, 0.5) is 0 Å². The molecule has 0 saturated heterocycles. The van der Waals surface area contributed by atoms with Crippen molar-refractivity contribution in [2.75, 3.05) is 6.54 Å². The van der Waals surface area contributed by atoms with Crippen LogP contribution in [-0.4, -0.2) is 16.7 Å². The summed E-state index contributed by atoms with van der Waals surface area (Å²) in [7, 11) is 0. The first-order valence-corrected chi connectivity index (χ1v) is 6.07. The molecule has 0 bridgehead atoms. The Morgan fingerprint density at radius 3 is 2.43 bits per heavy atom. The third-order valence-corrected chi connectivity index (χ3v) is 3.71. The zero-order chi connectivity index (χ0) is 10.6. The average molecular weight is 213 g/mol. The van der Waals surface area contributed by atoms with Gasteiger partial charge < -0.3 is 5.32 Å². The lowest BCUT2D eigenvalue weighted by Crippen LogP contribution is -2.17. The molecule has 4 heteroatoms. The van der Waals surface area contributed by atoms with Crippen molar-refractivity contribution in [3.8, 4) is 0 Å². The van der Waals surface area contributed by atoms with Crippen molar-refractivity contribution in [2.45, 2.75) is 46.1 Å². The van der Waals surface area contributed by atoms with Crippen molar-refractivity contribution >= 4 is 11.3 Å². The van der Waals surface area contributed by atoms with Gasteiger partial charge in [-0.15, -0.1) is 10.2 Å². The summed E-state index contributed by atoms with van der Waals surface area (Å²) < 4.78 is 0. The summed E-state index contributed by atoms with van der Waals surface area (Å²) in [5, 5.41) is 14.0. The number of nitrogens with zero attached hydrogens (tertiary/aromatic N) is 2. The monoisotopic (exact) mass is 213 g/mol. The van der Waals surface area contributed by atoms with Crippen LogP contribution >= 0.6 is 11.3 Å². The molecule has 1 rings (SSSR count). The van der Waals surface area contributed by atoms with E-state index >= 15 is 0 Å². The van der Waals surface area contributed by atoms with Crippen LogP contribution in [0.3, 0.4) is 0 Å². The Morgan fingerprint density at radius 1 is 1.21 bits per heavy atom. The summed E-state index contributed by atoms with van der Waals surface area (Å²) in [4.78, 5) is 0. The molecule has 0 spiro atoms. The second-order valence-electron chi connectivity index (χ2n) is 3.57. The molecule has 1 aromatic rings. The Hall–Kier alpha value is -0.480. The maximum atomic E-state index is 4.22. The normalized spacial score (nSPS) is 15.4. The first-order chi connectivity index (χ1) is 6.69. The second kappa shape index (κ2) is 5.41. The highest BCUT2D eigenvalue weighted by atomic mass is 32.1. The summed E-state index contributed by atoms with van der Waals surface area (Å²) in [6.07, 6.45) is 1.13. The summed E-state index contributed by atoms with van der Waals surface area (Å²) in [5.74, 6) is 0.537. The molecule has 0 saturated carbocycles. The summed E-state index contributed by atoms with van der Waals surface area (Å²) in [6, 6.07) is 0.329. The maximum Gasteiger partial charge on any atom is 0.134 e. The highest BCUT2D eigenvalue weighted by Gasteiger charge is 2.13. The fourth-order valence-corrected chi connectivity index (χ4v) is 2.19. The minimum Gasteiger partial charge on any atom is -0.308 e. The lowest BCUT2D eigenvalue weighted by molar-refractivity contribution is 0.588. The maximum absolute atomic E-state index is 4.22. The van der Waals surface area contributed by atoms with Gasteiger partial charge in [0.1, 0.15) is 10.0 Å². The quantitative estimate of drug-likeness (QED) is 0.817. The molecule has 0 aliphatic heterocycles. The van der Waals surface area contributed by atoms with Gasteiger partial charge in [-0.05, 0) is 19.9 Å². The minimum absolute atomic E-state index is 0.329. The van der Waals surface area contributed by atoms with Crippen molar-refractivity contribution in [3.63, 3.8) is 0 Å². The number of hydrogen-bond donors (Lipinski definition) is 1. The van der Waals surface area contributed by atoms with Crippen LogP contribution in [0.25, 0.3) is 0 Å². The summed E-state index contributed by atoms with van der Waals surface area (Å²) in [5.41, 5.74) is 0. The van der Waals surface area contributed by atoms with E-state index in [4.69, 9.17) is 0 Å². The number of rotatable bonds is 5. The molecule has 80 valence electrons. The van der Waals surface area contributed by atoms with Gasteiger partial charge in [0.15, 0.2) is 0 Å². The molecule has 1 aromatic heterocycles. The van der Waals surface area contributed by atoms with Crippen molar-refractivity contribution in [1.29, 1.82) is 0 Å². The number of nitrogens with one attached hydrogen (secondary N) is 1. The van der Waals surface area contributed by atoms with Crippen molar-refractivity contribution in [1.82, 2.24) is 15.5 Å². The Bertz CT molecular complexity index is 272. The fraction of sp³-hybridized carbons (Fsp3) is 0.800. The van der Waals surface area contributed by atoms with Gasteiger partial charge in [0.05, 0.1) is 6.04 Å². The SMILES string of the molecule is CCNC(C)c1nnc(C(C)CC)s1. The van der Waals surface area contributed by atoms with Crippen LogP contribution < -0.4 is 5.32 Å². The molecule has 14 heavy (non-hydrogen) atoms. The molecule has 3 nitrogen and oxygen atoms in total. The fourth-order valence-electron chi connectivity index (χ4n) is 1.19. The van der Waals surface area contributed by atoms with Gasteiger partial charge in [-0.1, -0.05) is 32.1 Å². The van der Waals surface area contributed by atoms with E-state index in [-0.39, 0.29) is 0 Å². The molecule has 0 fully saturated rings. The molecule has 0 amide bonds. The van der Waals surface area contributed by atoms with E-state index in [2.05, 4.69) is 43.2 Å². The van der Waals surface area contributed by atoms with Gasteiger partial charge in [-0.25, -0.2) is 0 Å². The number of hydrogen-bond acceptors (Lipinski definition) is 4. The Balaban J connectivity index is 2.67. The molecule has 1 N–H and O–H groups in total. The van der Waals surface area contributed by atoms with Crippen LogP contribution in [0.2, 0.25) is 0 Å². The van der Waals surface area contributed by atoms with Crippen molar-refractivity contribution in [2.24, 2.45) is 0 Å². The first-order valence-electron chi connectivity index (χ1n) is 5.25. The lowest BCUT2D eigenvalue weighted by Gasteiger charge is -2.06. The standard InChI is InChI=1S/C10H19N3S/c1-5-7(3)9-12-13-10(14-9)8(4)11-6-2/h7-8,11H,5-6H2,1-4H3. The van der Waals surface area contributed by atoms with E-state index in [0.717, 1.165) is 23.0 Å². The van der Waals surface area contributed by atoms with E-state index in [1.165, 1.54) is 0 Å². The van der Waals surface area contributed by atoms with E-state index in [9.17, 15) is 0 Å². The minimum atomic E-state index is 0.329.